The van der Waals surface area contributed by atoms with Gasteiger partial charge in [-0.05, 0) is 18.2 Å². The molecule has 112 valence electrons. The molecule has 0 saturated heterocycles. The summed E-state index contributed by atoms with van der Waals surface area (Å²) in [5.74, 6) is 0.941. The van der Waals surface area contributed by atoms with E-state index in [2.05, 4.69) is 0 Å². The van der Waals surface area contributed by atoms with Crippen LogP contribution in [-0.4, -0.2) is 20.2 Å². The largest absolute Gasteiger partial charge is 0.503 e. The van der Waals surface area contributed by atoms with E-state index in [-0.39, 0.29) is 0 Å². The van der Waals surface area contributed by atoms with E-state index in [1.807, 2.05) is 42.5 Å². The SMILES string of the molecule is CO/C=C(/C(=O)OC)c1cccc2c1Oc1ccccc1S2. The molecule has 1 aliphatic heterocycles. The average Bonchev–Trinajstić information content (AvgIpc) is 2.57. The molecule has 0 amide bonds. The maximum Gasteiger partial charge on any atom is 0.341 e. The van der Waals surface area contributed by atoms with E-state index in [4.69, 9.17) is 14.2 Å². The first-order chi connectivity index (χ1) is 10.7. The highest BCUT2D eigenvalue weighted by Gasteiger charge is 2.25. The molecule has 0 atom stereocenters. The van der Waals surface area contributed by atoms with Gasteiger partial charge in [0.2, 0.25) is 0 Å². The third-order valence-corrected chi connectivity index (χ3v) is 4.29. The number of hydrogen-bond donors (Lipinski definition) is 0. The Hall–Kier alpha value is -2.40. The molecule has 1 aliphatic rings. The molecular formula is C17H14O4S. The lowest BCUT2D eigenvalue weighted by molar-refractivity contribution is -0.133. The number of ether oxygens (including phenoxy) is 3. The molecule has 1 heterocycles. The van der Waals surface area contributed by atoms with E-state index >= 15 is 0 Å². The van der Waals surface area contributed by atoms with Gasteiger partial charge in [0.1, 0.15) is 17.1 Å². The topological polar surface area (TPSA) is 44.8 Å². The van der Waals surface area contributed by atoms with Crippen LogP contribution in [0.5, 0.6) is 11.5 Å². The first-order valence-electron chi connectivity index (χ1n) is 6.64. The summed E-state index contributed by atoms with van der Waals surface area (Å²) in [6, 6.07) is 13.4. The second-order valence-corrected chi connectivity index (χ2v) is 5.63. The molecule has 0 N–H and O–H groups in total. The molecule has 0 radical (unpaired) electrons. The highest BCUT2D eigenvalue weighted by atomic mass is 32.2. The third kappa shape index (κ3) is 2.55. The van der Waals surface area contributed by atoms with Gasteiger partial charge in [0.15, 0.2) is 0 Å². The maximum absolute atomic E-state index is 12.0. The number of methoxy groups -OCH3 is 2. The number of benzene rings is 2. The fourth-order valence-corrected chi connectivity index (χ4v) is 3.19. The second-order valence-electron chi connectivity index (χ2n) is 4.54. The molecule has 5 heteroatoms. The molecule has 4 nitrogen and oxygen atoms in total. The van der Waals surface area contributed by atoms with Crippen molar-refractivity contribution >= 4 is 23.3 Å². The van der Waals surface area contributed by atoms with Gasteiger partial charge in [-0.25, -0.2) is 4.79 Å². The summed E-state index contributed by atoms with van der Waals surface area (Å²) in [5.41, 5.74) is 0.968. The summed E-state index contributed by atoms with van der Waals surface area (Å²) in [7, 11) is 2.83. The summed E-state index contributed by atoms with van der Waals surface area (Å²) in [6.07, 6.45) is 1.37. The lowest BCUT2D eigenvalue weighted by Crippen LogP contribution is -2.07. The number of esters is 1. The van der Waals surface area contributed by atoms with Gasteiger partial charge in [-0.3, -0.25) is 0 Å². The zero-order valence-corrected chi connectivity index (χ0v) is 13.0. The summed E-state index contributed by atoms with van der Waals surface area (Å²) in [6.45, 7) is 0. The molecule has 2 aromatic carbocycles. The first kappa shape index (κ1) is 14.5. The number of fused-ring (bicyclic) bond motifs is 2. The fourth-order valence-electron chi connectivity index (χ4n) is 2.21. The predicted molar refractivity (Wildman–Crippen MR) is 84.1 cm³/mol. The van der Waals surface area contributed by atoms with Gasteiger partial charge in [-0.2, -0.15) is 0 Å². The van der Waals surface area contributed by atoms with E-state index < -0.39 is 5.97 Å². The maximum atomic E-state index is 12.0. The smallest absolute Gasteiger partial charge is 0.341 e. The normalized spacial score (nSPS) is 12.7. The second kappa shape index (κ2) is 6.15. The summed E-state index contributed by atoms with van der Waals surface area (Å²) in [5, 5.41) is 0. The fraction of sp³-hybridized carbons (Fsp3) is 0.118. The van der Waals surface area contributed by atoms with Crippen LogP contribution in [0.25, 0.3) is 5.57 Å². The van der Waals surface area contributed by atoms with Gasteiger partial charge in [0.25, 0.3) is 0 Å². The van der Waals surface area contributed by atoms with E-state index in [1.54, 1.807) is 11.8 Å². The Morgan fingerprint density at radius 3 is 2.64 bits per heavy atom. The lowest BCUT2D eigenvalue weighted by Gasteiger charge is -2.22. The van der Waals surface area contributed by atoms with Crippen molar-refractivity contribution in [2.45, 2.75) is 9.79 Å². The van der Waals surface area contributed by atoms with Crippen LogP contribution < -0.4 is 4.74 Å². The number of rotatable bonds is 3. The Kier molecular flexibility index (Phi) is 4.06. The first-order valence-corrected chi connectivity index (χ1v) is 7.45. The molecular weight excluding hydrogens is 300 g/mol. The minimum absolute atomic E-state index is 0.321. The van der Waals surface area contributed by atoms with Crippen LogP contribution in [0, 0.1) is 0 Å². The molecule has 0 fully saturated rings. The van der Waals surface area contributed by atoms with Crippen LogP contribution in [-0.2, 0) is 14.3 Å². The Morgan fingerprint density at radius 2 is 1.86 bits per heavy atom. The van der Waals surface area contributed by atoms with Gasteiger partial charge in [0.05, 0.1) is 30.3 Å². The Bertz CT molecular complexity index is 752. The van der Waals surface area contributed by atoms with Crippen molar-refractivity contribution in [3.8, 4) is 11.5 Å². The van der Waals surface area contributed by atoms with E-state index in [1.165, 1.54) is 20.5 Å². The van der Waals surface area contributed by atoms with Crippen LogP contribution in [0.2, 0.25) is 0 Å². The summed E-state index contributed by atoms with van der Waals surface area (Å²) >= 11 is 1.61. The molecule has 0 bridgehead atoms. The van der Waals surface area contributed by atoms with Gasteiger partial charge >= 0.3 is 5.97 Å². The van der Waals surface area contributed by atoms with Crippen molar-refractivity contribution in [1.29, 1.82) is 0 Å². The van der Waals surface area contributed by atoms with Crippen LogP contribution in [0.15, 0.2) is 58.5 Å². The molecule has 0 aliphatic carbocycles. The van der Waals surface area contributed by atoms with Gasteiger partial charge in [0, 0.05) is 5.56 Å². The van der Waals surface area contributed by atoms with Gasteiger partial charge in [-0.15, -0.1) is 0 Å². The highest BCUT2D eigenvalue weighted by Crippen LogP contribution is 2.49. The quantitative estimate of drug-likeness (QED) is 0.414. The molecule has 0 spiro atoms. The number of carbonyl (C=O) groups excluding carboxylic acids is 1. The molecule has 3 rings (SSSR count). The molecule has 0 saturated carbocycles. The van der Waals surface area contributed by atoms with Crippen LogP contribution in [0.4, 0.5) is 0 Å². The molecule has 2 aromatic rings. The number of carbonyl (C=O) groups is 1. The summed E-state index contributed by atoms with van der Waals surface area (Å²) in [4.78, 5) is 14.0. The summed E-state index contributed by atoms with van der Waals surface area (Å²) < 4.78 is 15.9. The van der Waals surface area contributed by atoms with Crippen LogP contribution in [0.1, 0.15) is 5.56 Å². The van der Waals surface area contributed by atoms with Gasteiger partial charge in [-0.1, -0.05) is 36.0 Å². The molecule has 0 unspecified atom stereocenters. The minimum atomic E-state index is -0.470. The molecule has 0 aromatic heterocycles. The lowest BCUT2D eigenvalue weighted by atomic mass is 10.1. The Balaban J connectivity index is 2.10. The standard InChI is InChI=1S/C17H14O4S/c1-19-10-12(17(18)20-2)11-6-5-9-15-16(11)21-13-7-3-4-8-14(13)22-15/h3-10H,1-2H3/b12-10+. The highest BCUT2D eigenvalue weighted by molar-refractivity contribution is 7.99. The molecule has 22 heavy (non-hydrogen) atoms. The zero-order chi connectivity index (χ0) is 15.5. The number of para-hydroxylation sites is 2. The third-order valence-electron chi connectivity index (χ3n) is 3.19. The zero-order valence-electron chi connectivity index (χ0n) is 12.2. The minimum Gasteiger partial charge on any atom is -0.503 e. The number of hydrogen-bond acceptors (Lipinski definition) is 5. The monoisotopic (exact) mass is 314 g/mol. The van der Waals surface area contributed by atoms with Crippen molar-refractivity contribution in [1.82, 2.24) is 0 Å². The van der Waals surface area contributed by atoms with Crippen LogP contribution in [0.3, 0.4) is 0 Å². The van der Waals surface area contributed by atoms with Crippen molar-refractivity contribution in [3.63, 3.8) is 0 Å². The Labute approximate surface area is 132 Å². The van der Waals surface area contributed by atoms with Crippen molar-refractivity contribution in [2.24, 2.45) is 0 Å². The van der Waals surface area contributed by atoms with Crippen molar-refractivity contribution in [2.75, 3.05) is 14.2 Å². The van der Waals surface area contributed by atoms with Crippen molar-refractivity contribution in [3.05, 3.63) is 54.3 Å². The average molecular weight is 314 g/mol. The Morgan fingerprint density at radius 1 is 1.09 bits per heavy atom. The van der Waals surface area contributed by atoms with E-state index in [9.17, 15) is 4.79 Å². The van der Waals surface area contributed by atoms with Crippen molar-refractivity contribution < 1.29 is 19.0 Å². The van der Waals surface area contributed by atoms with Crippen LogP contribution >= 0.6 is 11.8 Å². The van der Waals surface area contributed by atoms with E-state index in [0.29, 0.717) is 16.9 Å². The van der Waals surface area contributed by atoms with E-state index in [0.717, 1.165) is 15.5 Å². The van der Waals surface area contributed by atoms with Gasteiger partial charge < -0.3 is 14.2 Å². The predicted octanol–water partition coefficient (Wildman–Crippen LogP) is 4.10.